The second-order valence-corrected chi connectivity index (χ2v) is 8.36. The van der Waals surface area contributed by atoms with Gasteiger partial charge >= 0.3 is 12.4 Å². The van der Waals surface area contributed by atoms with Crippen LogP contribution in [0.15, 0.2) is 65.1 Å². The molecule has 4 aromatic rings. The lowest BCUT2D eigenvalue weighted by Crippen LogP contribution is -2.19. The van der Waals surface area contributed by atoms with Gasteiger partial charge in [-0.05, 0) is 42.5 Å². The van der Waals surface area contributed by atoms with Gasteiger partial charge in [-0.1, -0.05) is 12.1 Å². The van der Waals surface area contributed by atoms with Crippen LogP contribution in [0.2, 0.25) is 0 Å². The number of halogens is 6. The summed E-state index contributed by atoms with van der Waals surface area (Å²) in [5.41, 5.74) is -4.06. The van der Waals surface area contributed by atoms with E-state index in [0.29, 0.717) is 36.8 Å². The molecular formula is C26H16F6N2O5. The molecule has 0 saturated heterocycles. The number of amides is 2. The summed E-state index contributed by atoms with van der Waals surface area (Å²) in [5, 5.41) is 5.01. The fourth-order valence-corrected chi connectivity index (χ4v) is 3.91. The van der Waals surface area contributed by atoms with E-state index >= 15 is 0 Å². The first-order valence-corrected chi connectivity index (χ1v) is 11.2. The van der Waals surface area contributed by atoms with E-state index in [-0.39, 0.29) is 28.4 Å². The molecule has 39 heavy (non-hydrogen) atoms. The van der Waals surface area contributed by atoms with Crippen molar-refractivity contribution in [2.75, 3.05) is 23.8 Å². The standard InChI is InChI=1S/C26H16F6N2O5/c27-25(28,29)14-9-13(10-15(11-14)26(30,31)32)23(35)34-21-17-3-1-2-4-18(17)39-22(21)24(36)33-16-5-6-19-20(12-16)38-8-7-37-19/h1-6,9-12H,7-8H2,(H,33,36)(H,34,35). The number of alkyl halides is 6. The molecule has 2 N–H and O–H groups in total. The zero-order valence-electron chi connectivity index (χ0n) is 19.5. The van der Waals surface area contributed by atoms with Gasteiger partial charge in [-0.25, -0.2) is 0 Å². The quantitative estimate of drug-likeness (QED) is 0.275. The van der Waals surface area contributed by atoms with Gasteiger partial charge in [0.15, 0.2) is 11.5 Å². The van der Waals surface area contributed by atoms with Crippen molar-refractivity contribution in [3.8, 4) is 11.5 Å². The Morgan fingerprint density at radius 2 is 1.36 bits per heavy atom. The smallest absolute Gasteiger partial charge is 0.416 e. The Kier molecular flexibility index (Phi) is 6.36. The number of furan rings is 1. The molecule has 0 bridgehead atoms. The summed E-state index contributed by atoms with van der Waals surface area (Å²) in [4.78, 5) is 26.1. The van der Waals surface area contributed by atoms with Crippen molar-refractivity contribution in [3.63, 3.8) is 0 Å². The van der Waals surface area contributed by atoms with Gasteiger partial charge in [0.05, 0.1) is 11.1 Å². The minimum absolute atomic E-state index is 0.0871. The minimum atomic E-state index is -5.15. The molecule has 202 valence electrons. The third-order valence-corrected chi connectivity index (χ3v) is 5.69. The molecule has 0 unspecified atom stereocenters. The van der Waals surface area contributed by atoms with Gasteiger partial charge in [-0.3, -0.25) is 9.59 Å². The molecule has 5 rings (SSSR count). The third kappa shape index (κ3) is 5.33. The molecule has 0 fully saturated rings. The van der Waals surface area contributed by atoms with Gasteiger partial charge in [0.2, 0.25) is 5.76 Å². The van der Waals surface area contributed by atoms with Crippen molar-refractivity contribution >= 4 is 34.2 Å². The summed E-state index contributed by atoms with van der Waals surface area (Å²) in [5.74, 6) is -1.75. The van der Waals surface area contributed by atoms with Gasteiger partial charge in [-0.2, -0.15) is 26.3 Å². The van der Waals surface area contributed by atoms with Crippen molar-refractivity contribution in [1.29, 1.82) is 0 Å². The molecule has 7 nitrogen and oxygen atoms in total. The summed E-state index contributed by atoms with van der Waals surface area (Å²) < 4.78 is 96.2. The second-order valence-electron chi connectivity index (χ2n) is 8.36. The number of nitrogens with one attached hydrogen (secondary N) is 2. The Morgan fingerprint density at radius 3 is 2.03 bits per heavy atom. The molecule has 0 spiro atoms. The number of carbonyl (C=O) groups excluding carboxylic acids is 2. The van der Waals surface area contributed by atoms with Gasteiger partial charge in [0.25, 0.3) is 11.8 Å². The monoisotopic (exact) mass is 550 g/mol. The lowest BCUT2D eigenvalue weighted by atomic mass is 10.0. The summed E-state index contributed by atoms with van der Waals surface area (Å²) in [7, 11) is 0. The van der Waals surface area contributed by atoms with E-state index in [9.17, 15) is 35.9 Å². The molecule has 13 heteroatoms. The predicted molar refractivity (Wildman–Crippen MR) is 126 cm³/mol. The van der Waals surface area contributed by atoms with Crippen molar-refractivity contribution in [3.05, 3.63) is 83.1 Å². The fourth-order valence-electron chi connectivity index (χ4n) is 3.91. The maximum absolute atomic E-state index is 13.3. The number of ether oxygens (including phenoxy) is 2. The number of hydrogen-bond acceptors (Lipinski definition) is 5. The number of fused-ring (bicyclic) bond motifs is 2. The van der Waals surface area contributed by atoms with E-state index in [2.05, 4.69) is 10.6 Å². The van der Waals surface area contributed by atoms with Crippen LogP contribution >= 0.6 is 0 Å². The highest BCUT2D eigenvalue weighted by Crippen LogP contribution is 2.38. The van der Waals surface area contributed by atoms with Crippen molar-refractivity contribution < 1.29 is 49.8 Å². The average Bonchev–Trinajstić information content (AvgIpc) is 3.26. The molecule has 3 aromatic carbocycles. The lowest BCUT2D eigenvalue weighted by molar-refractivity contribution is -0.143. The summed E-state index contributed by atoms with van der Waals surface area (Å²) >= 11 is 0. The highest BCUT2D eigenvalue weighted by atomic mass is 19.4. The molecule has 0 aliphatic carbocycles. The van der Waals surface area contributed by atoms with E-state index in [1.165, 1.54) is 24.3 Å². The zero-order valence-corrected chi connectivity index (χ0v) is 19.5. The highest BCUT2D eigenvalue weighted by Gasteiger charge is 2.37. The van der Waals surface area contributed by atoms with E-state index in [4.69, 9.17) is 13.9 Å². The van der Waals surface area contributed by atoms with Crippen LogP contribution in [0.25, 0.3) is 11.0 Å². The maximum Gasteiger partial charge on any atom is 0.416 e. The number of rotatable bonds is 4. The molecule has 0 saturated carbocycles. The molecule has 2 amide bonds. The van der Waals surface area contributed by atoms with Crippen LogP contribution in [0.5, 0.6) is 11.5 Å². The van der Waals surface area contributed by atoms with E-state index in [1.54, 1.807) is 18.2 Å². The fraction of sp³-hybridized carbons (Fsp3) is 0.154. The molecule has 1 aliphatic heterocycles. The van der Waals surface area contributed by atoms with Crippen LogP contribution in [0, 0.1) is 0 Å². The first kappa shape index (κ1) is 25.9. The average molecular weight is 550 g/mol. The molecule has 2 heterocycles. The molecule has 1 aromatic heterocycles. The van der Waals surface area contributed by atoms with Crippen molar-refractivity contribution in [2.45, 2.75) is 12.4 Å². The van der Waals surface area contributed by atoms with Crippen molar-refractivity contribution in [1.82, 2.24) is 0 Å². The van der Waals surface area contributed by atoms with E-state index in [1.807, 2.05) is 0 Å². The Labute approximate surface area is 215 Å². The van der Waals surface area contributed by atoms with Crippen LogP contribution in [-0.2, 0) is 12.4 Å². The summed E-state index contributed by atoms with van der Waals surface area (Å²) in [6, 6.07) is 11.1. The summed E-state index contributed by atoms with van der Waals surface area (Å²) in [6.45, 7) is 0.660. The van der Waals surface area contributed by atoms with Crippen LogP contribution in [0.3, 0.4) is 0 Å². The van der Waals surface area contributed by atoms with Gasteiger partial charge in [0, 0.05) is 22.7 Å². The largest absolute Gasteiger partial charge is 0.486 e. The normalized spacial score (nSPS) is 13.3. The topological polar surface area (TPSA) is 89.8 Å². The number of anilines is 2. The predicted octanol–water partition coefficient (Wildman–Crippen LogP) is 6.75. The lowest BCUT2D eigenvalue weighted by Gasteiger charge is -2.19. The Hall–Kier alpha value is -4.68. The second kappa shape index (κ2) is 9.57. The summed E-state index contributed by atoms with van der Waals surface area (Å²) in [6.07, 6.45) is -10.3. The van der Waals surface area contributed by atoms with Gasteiger partial charge in [-0.15, -0.1) is 0 Å². The first-order chi connectivity index (χ1) is 18.4. The van der Waals surface area contributed by atoms with Crippen LogP contribution in [0.4, 0.5) is 37.7 Å². The van der Waals surface area contributed by atoms with E-state index < -0.39 is 46.6 Å². The number of hydrogen-bond donors (Lipinski definition) is 2. The third-order valence-electron chi connectivity index (χ3n) is 5.69. The zero-order chi connectivity index (χ0) is 27.9. The molecular weight excluding hydrogens is 534 g/mol. The van der Waals surface area contributed by atoms with Crippen LogP contribution in [0.1, 0.15) is 32.0 Å². The molecule has 0 radical (unpaired) electrons. The van der Waals surface area contributed by atoms with Crippen LogP contribution < -0.4 is 20.1 Å². The molecule has 0 atom stereocenters. The SMILES string of the molecule is O=C(Nc1c(C(=O)Nc2ccc3c(c2)OCCO3)oc2ccccc12)c1cc(C(F)(F)F)cc(C(F)(F)F)c1. The Morgan fingerprint density at radius 1 is 0.718 bits per heavy atom. The highest BCUT2D eigenvalue weighted by molar-refractivity contribution is 6.17. The Balaban J connectivity index is 1.50. The van der Waals surface area contributed by atoms with E-state index in [0.717, 1.165) is 0 Å². The van der Waals surface area contributed by atoms with Gasteiger partial charge < -0.3 is 24.5 Å². The number of benzene rings is 3. The Bertz CT molecular complexity index is 1560. The van der Waals surface area contributed by atoms with Gasteiger partial charge in [0.1, 0.15) is 24.5 Å². The molecule has 1 aliphatic rings. The number of para-hydroxylation sites is 1. The number of carbonyl (C=O) groups is 2. The maximum atomic E-state index is 13.3. The van der Waals surface area contributed by atoms with Crippen molar-refractivity contribution in [2.24, 2.45) is 0 Å². The minimum Gasteiger partial charge on any atom is -0.486 e. The van der Waals surface area contributed by atoms with Crippen LogP contribution in [-0.4, -0.2) is 25.0 Å². The first-order valence-electron chi connectivity index (χ1n) is 11.2.